The van der Waals surface area contributed by atoms with E-state index in [1.54, 1.807) is 19.2 Å². The quantitative estimate of drug-likeness (QED) is 0.856. The minimum absolute atomic E-state index is 0.0666. The molecule has 0 spiro atoms. The summed E-state index contributed by atoms with van der Waals surface area (Å²) in [6, 6.07) is 14.1. The Hall–Kier alpha value is -2.40. The summed E-state index contributed by atoms with van der Waals surface area (Å²) in [7, 11) is 1.64. The summed E-state index contributed by atoms with van der Waals surface area (Å²) in [6.45, 7) is 2.46. The Balaban J connectivity index is 1.74. The van der Waals surface area contributed by atoms with Gasteiger partial charge in [0.05, 0.1) is 18.7 Å². The van der Waals surface area contributed by atoms with E-state index in [4.69, 9.17) is 4.74 Å². The van der Waals surface area contributed by atoms with Crippen LogP contribution in [0.25, 0.3) is 0 Å². The van der Waals surface area contributed by atoms with Crippen molar-refractivity contribution in [2.45, 2.75) is 25.3 Å². The summed E-state index contributed by atoms with van der Waals surface area (Å²) in [6.07, 6.45) is 3.56. The molecule has 1 amide bonds. The maximum absolute atomic E-state index is 13.8. The van der Waals surface area contributed by atoms with Gasteiger partial charge in [0.2, 0.25) is 0 Å². The number of halogens is 1. The second-order valence-electron chi connectivity index (χ2n) is 6.58. The van der Waals surface area contributed by atoms with Gasteiger partial charge in [-0.05, 0) is 55.8 Å². The monoisotopic (exact) mass is 356 g/mol. The standard InChI is InChI=1S/C21H25FN2O2/c1-26-17-11-9-16(10-12-17)20(24-13-5-2-6-14-24)15-23-21(25)18-7-3-4-8-19(18)22/h3-4,7-12,20H,2,5-6,13-15H2,1H3,(H,23,25)/t20-/m1/s1. The van der Waals surface area contributed by atoms with Crippen LogP contribution in [0.1, 0.15) is 41.2 Å². The number of nitrogens with zero attached hydrogens (tertiary/aromatic N) is 1. The van der Waals surface area contributed by atoms with Crippen LogP contribution in [0.15, 0.2) is 48.5 Å². The van der Waals surface area contributed by atoms with Crippen LogP contribution in [0.5, 0.6) is 5.75 Å². The van der Waals surface area contributed by atoms with Crippen molar-refractivity contribution in [1.82, 2.24) is 10.2 Å². The maximum atomic E-state index is 13.8. The van der Waals surface area contributed by atoms with Gasteiger partial charge in [0, 0.05) is 6.54 Å². The van der Waals surface area contributed by atoms with Crippen molar-refractivity contribution in [2.75, 3.05) is 26.7 Å². The first kappa shape index (κ1) is 18.4. The molecule has 0 aromatic heterocycles. The number of rotatable bonds is 6. The van der Waals surface area contributed by atoms with E-state index in [9.17, 15) is 9.18 Å². The van der Waals surface area contributed by atoms with Crippen LogP contribution in [0.3, 0.4) is 0 Å². The Morgan fingerprint density at radius 2 is 1.81 bits per heavy atom. The van der Waals surface area contributed by atoms with Crippen molar-refractivity contribution in [2.24, 2.45) is 0 Å². The molecule has 1 fully saturated rings. The van der Waals surface area contributed by atoms with Crippen LogP contribution < -0.4 is 10.1 Å². The van der Waals surface area contributed by atoms with Crippen LogP contribution in [-0.2, 0) is 0 Å². The van der Waals surface area contributed by atoms with Gasteiger partial charge in [-0.25, -0.2) is 4.39 Å². The fourth-order valence-electron chi connectivity index (χ4n) is 3.44. The number of piperidine rings is 1. The molecule has 1 aliphatic rings. The topological polar surface area (TPSA) is 41.6 Å². The summed E-state index contributed by atoms with van der Waals surface area (Å²) in [5.74, 6) is -0.0656. The smallest absolute Gasteiger partial charge is 0.254 e. The molecular weight excluding hydrogens is 331 g/mol. The molecule has 1 atom stereocenters. The number of carbonyl (C=O) groups is 1. The first-order chi connectivity index (χ1) is 12.7. The van der Waals surface area contributed by atoms with Gasteiger partial charge in [-0.15, -0.1) is 0 Å². The zero-order chi connectivity index (χ0) is 18.4. The van der Waals surface area contributed by atoms with E-state index in [2.05, 4.69) is 10.2 Å². The van der Waals surface area contributed by atoms with Crippen LogP contribution in [0, 0.1) is 5.82 Å². The molecule has 5 heteroatoms. The number of nitrogens with one attached hydrogen (secondary N) is 1. The van der Waals surface area contributed by atoms with Gasteiger partial charge in [0.25, 0.3) is 5.91 Å². The lowest BCUT2D eigenvalue weighted by Gasteiger charge is -2.35. The van der Waals surface area contributed by atoms with Crippen LogP contribution in [-0.4, -0.2) is 37.6 Å². The predicted molar refractivity (Wildman–Crippen MR) is 99.9 cm³/mol. The summed E-state index contributed by atoms with van der Waals surface area (Å²) in [4.78, 5) is 14.8. The largest absolute Gasteiger partial charge is 0.497 e. The zero-order valence-corrected chi connectivity index (χ0v) is 15.1. The molecule has 4 nitrogen and oxygen atoms in total. The molecule has 0 aliphatic carbocycles. The number of likely N-dealkylation sites (tertiary alicyclic amines) is 1. The molecule has 0 bridgehead atoms. The van der Waals surface area contributed by atoms with Crippen molar-refractivity contribution >= 4 is 5.91 Å². The molecule has 3 rings (SSSR count). The Kier molecular flexibility index (Phi) is 6.23. The van der Waals surface area contributed by atoms with Crippen molar-refractivity contribution in [1.29, 1.82) is 0 Å². The number of amides is 1. The summed E-state index contributed by atoms with van der Waals surface area (Å²) < 4.78 is 19.1. The molecule has 2 aromatic rings. The fourth-order valence-corrected chi connectivity index (χ4v) is 3.44. The molecule has 0 saturated carbocycles. The molecule has 1 aliphatic heterocycles. The Labute approximate surface area is 154 Å². The van der Waals surface area contributed by atoms with Gasteiger partial charge in [-0.1, -0.05) is 30.7 Å². The molecule has 0 radical (unpaired) electrons. The third-order valence-corrected chi connectivity index (χ3v) is 4.91. The normalized spacial score (nSPS) is 16.1. The van der Waals surface area contributed by atoms with Crippen LogP contribution >= 0.6 is 0 Å². The molecule has 2 aromatic carbocycles. The lowest BCUT2D eigenvalue weighted by Crippen LogP contribution is -2.40. The van der Waals surface area contributed by atoms with Crippen LogP contribution in [0.4, 0.5) is 4.39 Å². The third-order valence-electron chi connectivity index (χ3n) is 4.91. The van der Waals surface area contributed by atoms with E-state index in [0.29, 0.717) is 6.54 Å². The van der Waals surface area contributed by atoms with Crippen molar-refractivity contribution < 1.29 is 13.9 Å². The Morgan fingerprint density at radius 3 is 2.46 bits per heavy atom. The second-order valence-corrected chi connectivity index (χ2v) is 6.58. The lowest BCUT2D eigenvalue weighted by atomic mass is 10.0. The minimum atomic E-state index is -0.496. The van der Waals surface area contributed by atoms with Crippen molar-refractivity contribution in [3.63, 3.8) is 0 Å². The number of hydrogen-bond donors (Lipinski definition) is 1. The van der Waals surface area contributed by atoms with E-state index in [1.165, 1.54) is 18.6 Å². The summed E-state index contributed by atoms with van der Waals surface area (Å²) in [5, 5.41) is 2.91. The summed E-state index contributed by atoms with van der Waals surface area (Å²) in [5.41, 5.74) is 1.21. The van der Waals surface area contributed by atoms with Gasteiger partial charge in [-0.3, -0.25) is 9.69 Å². The Morgan fingerprint density at radius 1 is 1.12 bits per heavy atom. The highest BCUT2D eigenvalue weighted by atomic mass is 19.1. The molecular formula is C21H25FN2O2. The molecule has 1 N–H and O–H groups in total. The summed E-state index contributed by atoms with van der Waals surface area (Å²) >= 11 is 0. The molecule has 138 valence electrons. The first-order valence-corrected chi connectivity index (χ1v) is 9.10. The highest BCUT2D eigenvalue weighted by Gasteiger charge is 2.23. The van der Waals surface area contributed by atoms with Gasteiger partial charge in [0.1, 0.15) is 11.6 Å². The first-order valence-electron chi connectivity index (χ1n) is 9.10. The predicted octanol–water partition coefficient (Wildman–Crippen LogP) is 3.79. The lowest BCUT2D eigenvalue weighted by molar-refractivity contribution is 0.0920. The number of methoxy groups -OCH3 is 1. The highest BCUT2D eigenvalue weighted by Crippen LogP contribution is 2.26. The maximum Gasteiger partial charge on any atom is 0.254 e. The van der Waals surface area contributed by atoms with Crippen LogP contribution in [0.2, 0.25) is 0 Å². The van der Waals surface area contributed by atoms with Crippen molar-refractivity contribution in [3.05, 3.63) is 65.5 Å². The van der Waals surface area contributed by atoms with E-state index in [1.807, 2.05) is 24.3 Å². The Bertz CT molecular complexity index is 727. The number of carbonyl (C=O) groups excluding carboxylic acids is 1. The van der Waals surface area contributed by atoms with E-state index >= 15 is 0 Å². The average Bonchev–Trinajstić information content (AvgIpc) is 2.69. The number of ether oxygens (including phenoxy) is 1. The van der Waals surface area contributed by atoms with Gasteiger partial charge in [-0.2, -0.15) is 0 Å². The van der Waals surface area contributed by atoms with E-state index in [0.717, 1.165) is 37.2 Å². The second kappa shape index (κ2) is 8.81. The number of hydrogen-bond acceptors (Lipinski definition) is 3. The molecule has 1 saturated heterocycles. The van der Waals surface area contributed by atoms with E-state index < -0.39 is 5.82 Å². The van der Waals surface area contributed by atoms with Crippen molar-refractivity contribution in [3.8, 4) is 5.75 Å². The fraction of sp³-hybridized carbons (Fsp3) is 0.381. The number of benzene rings is 2. The van der Waals surface area contributed by atoms with Gasteiger partial charge in [0.15, 0.2) is 0 Å². The SMILES string of the molecule is COc1ccc([C@@H](CNC(=O)c2ccccc2F)N2CCCCC2)cc1. The van der Waals surface area contributed by atoms with Gasteiger partial charge < -0.3 is 10.1 Å². The van der Waals surface area contributed by atoms with Gasteiger partial charge >= 0.3 is 0 Å². The molecule has 0 unspecified atom stereocenters. The zero-order valence-electron chi connectivity index (χ0n) is 15.1. The highest BCUT2D eigenvalue weighted by molar-refractivity contribution is 5.94. The average molecular weight is 356 g/mol. The molecule has 26 heavy (non-hydrogen) atoms. The molecule has 1 heterocycles. The minimum Gasteiger partial charge on any atom is -0.497 e. The van der Waals surface area contributed by atoms with E-state index in [-0.39, 0.29) is 17.5 Å². The third kappa shape index (κ3) is 4.41.